The van der Waals surface area contributed by atoms with Gasteiger partial charge in [-0.1, -0.05) is 41.4 Å². The molecule has 0 bridgehead atoms. The van der Waals surface area contributed by atoms with Gasteiger partial charge in [0.2, 0.25) is 0 Å². The Hall–Kier alpha value is -0.970. The SMILES string of the molecule is CC(C)(CO)NCc1cc(Cl)ccc1OCc1ccccc1Cl.Cl. The third-order valence-corrected chi connectivity index (χ3v) is 4.12. The molecule has 0 spiro atoms. The van der Waals surface area contributed by atoms with E-state index < -0.39 is 0 Å². The Balaban J connectivity index is 0.00000288. The van der Waals surface area contributed by atoms with Crippen molar-refractivity contribution in [3.8, 4) is 5.75 Å². The Bertz CT molecular complexity index is 662. The largest absolute Gasteiger partial charge is 0.489 e. The lowest BCUT2D eigenvalue weighted by atomic mass is 10.1. The van der Waals surface area contributed by atoms with Crippen LogP contribution in [0.4, 0.5) is 0 Å². The summed E-state index contributed by atoms with van der Waals surface area (Å²) in [6.45, 7) is 4.84. The van der Waals surface area contributed by atoms with Gasteiger partial charge in [-0.3, -0.25) is 0 Å². The lowest BCUT2D eigenvalue weighted by Gasteiger charge is -2.24. The minimum absolute atomic E-state index is 0. The second-order valence-electron chi connectivity index (χ2n) is 6.03. The van der Waals surface area contributed by atoms with Crippen molar-refractivity contribution >= 4 is 35.6 Å². The monoisotopic (exact) mass is 389 g/mol. The van der Waals surface area contributed by atoms with Gasteiger partial charge in [0.15, 0.2) is 0 Å². The first-order valence-corrected chi connectivity index (χ1v) is 8.17. The summed E-state index contributed by atoms with van der Waals surface area (Å²) in [6.07, 6.45) is 0. The highest BCUT2D eigenvalue weighted by atomic mass is 35.5. The van der Waals surface area contributed by atoms with Gasteiger partial charge in [-0.15, -0.1) is 12.4 Å². The topological polar surface area (TPSA) is 41.5 Å². The van der Waals surface area contributed by atoms with Gasteiger partial charge in [-0.2, -0.15) is 0 Å². The molecular formula is C18H22Cl3NO2. The van der Waals surface area contributed by atoms with Crippen molar-refractivity contribution < 1.29 is 9.84 Å². The molecule has 0 fully saturated rings. The molecule has 6 heteroatoms. The zero-order valence-corrected chi connectivity index (χ0v) is 16.0. The number of aliphatic hydroxyl groups excluding tert-OH is 1. The molecule has 0 heterocycles. The fourth-order valence-electron chi connectivity index (χ4n) is 1.99. The summed E-state index contributed by atoms with van der Waals surface area (Å²) >= 11 is 12.2. The van der Waals surface area contributed by atoms with E-state index in [1.165, 1.54) is 0 Å². The van der Waals surface area contributed by atoms with Crippen molar-refractivity contribution in [3.05, 3.63) is 63.6 Å². The first kappa shape index (κ1) is 21.1. The zero-order chi connectivity index (χ0) is 16.9. The highest BCUT2D eigenvalue weighted by Crippen LogP contribution is 2.25. The predicted octanol–water partition coefficient (Wildman–Crippen LogP) is 4.85. The molecule has 2 aromatic rings. The number of rotatable bonds is 7. The molecule has 0 amide bonds. The van der Waals surface area contributed by atoms with Gasteiger partial charge in [-0.25, -0.2) is 0 Å². The van der Waals surface area contributed by atoms with Gasteiger partial charge in [0.05, 0.1) is 6.61 Å². The number of ether oxygens (including phenoxy) is 1. The summed E-state index contributed by atoms with van der Waals surface area (Å²) in [7, 11) is 0. The maximum atomic E-state index is 9.34. The third kappa shape index (κ3) is 6.15. The summed E-state index contributed by atoms with van der Waals surface area (Å²) in [5.74, 6) is 0.746. The van der Waals surface area contributed by atoms with Crippen molar-refractivity contribution in [2.75, 3.05) is 6.61 Å². The first-order chi connectivity index (χ1) is 10.9. The van der Waals surface area contributed by atoms with Crippen LogP contribution in [0.25, 0.3) is 0 Å². The molecule has 3 nitrogen and oxygen atoms in total. The van der Waals surface area contributed by atoms with Crippen LogP contribution in [-0.4, -0.2) is 17.3 Å². The molecule has 0 radical (unpaired) electrons. The number of benzene rings is 2. The number of hydrogen-bond acceptors (Lipinski definition) is 3. The number of nitrogens with one attached hydrogen (secondary N) is 1. The molecule has 0 saturated carbocycles. The maximum absolute atomic E-state index is 9.34. The summed E-state index contributed by atoms with van der Waals surface area (Å²) in [5, 5.41) is 14.0. The molecule has 2 rings (SSSR count). The van der Waals surface area contributed by atoms with E-state index in [4.69, 9.17) is 27.9 Å². The Labute approximate surface area is 159 Å². The third-order valence-electron chi connectivity index (χ3n) is 3.52. The first-order valence-electron chi connectivity index (χ1n) is 7.42. The van der Waals surface area contributed by atoms with Crippen LogP contribution >= 0.6 is 35.6 Å². The molecule has 0 unspecified atom stereocenters. The normalized spacial score (nSPS) is 11.0. The standard InChI is InChI=1S/C18H21Cl2NO2.ClH/c1-18(2,12-22)21-10-14-9-15(19)7-8-17(14)23-11-13-5-3-4-6-16(13)20;/h3-9,21-22H,10-12H2,1-2H3;1H. The van der Waals surface area contributed by atoms with Gasteiger partial charge in [0, 0.05) is 33.3 Å². The minimum atomic E-state index is -0.373. The van der Waals surface area contributed by atoms with Crippen LogP contribution in [0.5, 0.6) is 5.75 Å². The van der Waals surface area contributed by atoms with Gasteiger partial charge >= 0.3 is 0 Å². The molecule has 0 saturated heterocycles. The number of hydrogen-bond donors (Lipinski definition) is 2. The Morgan fingerprint density at radius 2 is 1.79 bits per heavy atom. The van der Waals surface area contributed by atoms with E-state index in [0.717, 1.165) is 16.9 Å². The van der Waals surface area contributed by atoms with Crippen LogP contribution in [0, 0.1) is 0 Å². The Morgan fingerprint density at radius 3 is 2.46 bits per heavy atom. The molecule has 0 aromatic heterocycles. The van der Waals surface area contributed by atoms with Crippen molar-refractivity contribution in [1.82, 2.24) is 5.32 Å². The van der Waals surface area contributed by atoms with E-state index in [0.29, 0.717) is 23.2 Å². The molecule has 0 atom stereocenters. The fraction of sp³-hybridized carbons (Fsp3) is 0.333. The summed E-state index contributed by atoms with van der Waals surface area (Å²) in [6, 6.07) is 13.1. The average Bonchev–Trinajstić information content (AvgIpc) is 2.53. The van der Waals surface area contributed by atoms with Crippen LogP contribution in [0.3, 0.4) is 0 Å². The van der Waals surface area contributed by atoms with Gasteiger partial charge in [0.25, 0.3) is 0 Å². The van der Waals surface area contributed by atoms with Gasteiger partial charge < -0.3 is 15.2 Å². The lowest BCUT2D eigenvalue weighted by Crippen LogP contribution is -2.42. The highest BCUT2D eigenvalue weighted by molar-refractivity contribution is 6.31. The van der Waals surface area contributed by atoms with E-state index in [2.05, 4.69) is 5.32 Å². The number of aliphatic hydroxyl groups is 1. The summed E-state index contributed by atoms with van der Waals surface area (Å²) in [4.78, 5) is 0. The summed E-state index contributed by atoms with van der Waals surface area (Å²) < 4.78 is 5.91. The molecule has 2 aromatic carbocycles. The van der Waals surface area contributed by atoms with Crippen LogP contribution < -0.4 is 10.1 Å². The average molecular weight is 391 g/mol. The van der Waals surface area contributed by atoms with E-state index in [1.807, 2.05) is 50.2 Å². The van der Waals surface area contributed by atoms with E-state index in [1.54, 1.807) is 6.07 Å². The van der Waals surface area contributed by atoms with Crippen LogP contribution in [-0.2, 0) is 13.2 Å². The molecule has 0 aliphatic carbocycles. The predicted molar refractivity (Wildman–Crippen MR) is 102 cm³/mol. The van der Waals surface area contributed by atoms with Crippen molar-refractivity contribution in [2.45, 2.75) is 32.5 Å². The van der Waals surface area contributed by atoms with Crippen LogP contribution in [0.15, 0.2) is 42.5 Å². The van der Waals surface area contributed by atoms with E-state index in [9.17, 15) is 5.11 Å². The second kappa shape index (κ2) is 9.50. The smallest absolute Gasteiger partial charge is 0.124 e. The minimum Gasteiger partial charge on any atom is -0.489 e. The fourth-order valence-corrected chi connectivity index (χ4v) is 2.37. The van der Waals surface area contributed by atoms with Crippen molar-refractivity contribution in [3.63, 3.8) is 0 Å². The highest BCUT2D eigenvalue weighted by Gasteiger charge is 2.16. The Kier molecular flexibility index (Phi) is 8.34. The van der Waals surface area contributed by atoms with Crippen LogP contribution in [0.1, 0.15) is 25.0 Å². The quantitative estimate of drug-likeness (QED) is 0.709. The number of halogens is 3. The molecular weight excluding hydrogens is 369 g/mol. The maximum Gasteiger partial charge on any atom is 0.124 e. The molecule has 132 valence electrons. The molecule has 2 N–H and O–H groups in total. The van der Waals surface area contributed by atoms with Crippen LogP contribution in [0.2, 0.25) is 10.0 Å². The van der Waals surface area contributed by atoms with E-state index in [-0.39, 0.29) is 24.6 Å². The van der Waals surface area contributed by atoms with Crippen molar-refractivity contribution in [1.29, 1.82) is 0 Å². The molecule has 0 aliphatic rings. The lowest BCUT2D eigenvalue weighted by molar-refractivity contribution is 0.186. The zero-order valence-electron chi connectivity index (χ0n) is 13.7. The summed E-state index contributed by atoms with van der Waals surface area (Å²) in [5.41, 5.74) is 1.49. The van der Waals surface area contributed by atoms with Gasteiger partial charge in [-0.05, 0) is 38.1 Å². The molecule has 24 heavy (non-hydrogen) atoms. The molecule has 0 aliphatic heterocycles. The second-order valence-corrected chi connectivity index (χ2v) is 6.87. The van der Waals surface area contributed by atoms with E-state index >= 15 is 0 Å². The van der Waals surface area contributed by atoms with Gasteiger partial charge in [0.1, 0.15) is 12.4 Å². The Morgan fingerprint density at radius 1 is 1.08 bits per heavy atom. The van der Waals surface area contributed by atoms with Crippen molar-refractivity contribution in [2.24, 2.45) is 0 Å².